The van der Waals surface area contributed by atoms with Crippen LogP contribution in [0.25, 0.3) is 0 Å². The fourth-order valence-electron chi connectivity index (χ4n) is 3.20. The first-order valence-corrected chi connectivity index (χ1v) is 9.17. The maximum absolute atomic E-state index is 12.6. The zero-order valence-corrected chi connectivity index (χ0v) is 15.7. The summed E-state index contributed by atoms with van der Waals surface area (Å²) in [6.45, 7) is 0.606. The summed E-state index contributed by atoms with van der Waals surface area (Å²) in [6.07, 6.45) is 1.49. The van der Waals surface area contributed by atoms with E-state index in [0.29, 0.717) is 18.0 Å². The summed E-state index contributed by atoms with van der Waals surface area (Å²) in [5.41, 5.74) is 4.14. The molecule has 0 aromatic heterocycles. The standard InChI is InChI=1S/C19H16BrN3O4/c20-14-7-16-15(26-10-27-16)6-12(14)8-22-23-19(25)17-13(9-21-18(17)24)11-4-2-1-3-5-11/h1-8,13,17H,9-10H2,(H,21,24)(H,23,25)/b22-8-. The lowest BCUT2D eigenvalue weighted by molar-refractivity contribution is -0.133. The lowest BCUT2D eigenvalue weighted by atomic mass is 9.88. The number of hydrogen-bond donors (Lipinski definition) is 2. The molecule has 1 saturated heterocycles. The van der Waals surface area contributed by atoms with E-state index in [1.54, 1.807) is 12.1 Å². The first-order chi connectivity index (χ1) is 13.1. The van der Waals surface area contributed by atoms with Crippen LogP contribution in [0, 0.1) is 5.92 Å². The number of rotatable bonds is 4. The SMILES string of the molecule is O=C1NCC(c2ccccc2)C1C(=O)N/N=C\c1cc2c(cc1Br)OCO2. The van der Waals surface area contributed by atoms with E-state index in [1.807, 2.05) is 30.3 Å². The van der Waals surface area contributed by atoms with Gasteiger partial charge < -0.3 is 14.8 Å². The Morgan fingerprint density at radius 3 is 2.74 bits per heavy atom. The first kappa shape index (κ1) is 17.5. The smallest absolute Gasteiger partial charge is 0.253 e. The van der Waals surface area contributed by atoms with Crippen molar-refractivity contribution in [2.24, 2.45) is 11.0 Å². The van der Waals surface area contributed by atoms with E-state index in [9.17, 15) is 9.59 Å². The van der Waals surface area contributed by atoms with Crippen LogP contribution in [-0.2, 0) is 9.59 Å². The van der Waals surface area contributed by atoms with E-state index < -0.39 is 11.8 Å². The molecule has 0 aliphatic carbocycles. The summed E-state index contributed by atoms with van der Waals surface area (Å²) in [6, 6.07) is 13.1. The van der Waals surface area contributed by atoms with Crippen molar-refractivity contribution in [2.45, 2.75) is 5.92 Å². The highest BCUT2D eigenvalue weighted by molar-refractivity contribution is 9.10. The predicted octanol–water partition coefficient (Wildman–Crippen LogP) is 2.16. The van der Waals surface area contributed by atoms with Gasteiger partial charge in [-0.25, -0.2) is 5.43 Å². The molecule has 7 nitrogen and oxygen atoms in total. The minimum Gasteiger partial charge on any atom is -0.454 e. The quantitative estimate of drug-likeness (QED) is 0.442. The highest BCUT2D eigenvalue weighted by Crippen LogP contribution is 2.36. The summed E-state index contributed by atoms with van der Waals surface area (Å²) in [5.74, 6) is -0.495. The molecule has 0 saturated carbocycles. The lowest BCUT2D eigenvalue weighted by Crippen LogP contribution is -2.34. The van der Waals surface area contributed by atoms with Crippen molar-refractivity contribution in [2.75, 3.05) is 13.3 Å². The van der Waals surface area contributed by atoms with Crippen molar-refractivity contribution in [3.8, 4) is 11.5 Å². The molecule has 138 valence electrons. The molecule has 2 aromatic rings. The first-order valence-electron chi connectivity index (χ1n) is 8.38. The van der Waals surface area contributed by atoms with Crippen molar-refractivity contribution in [3.63, 3.8) is 0 Å². The third kappa shape index (κ3) is 3.52. The van der Waals surface area contributed by atoms with Crippen LogP contribution in [-0.4, -0.2) is 31.4 Å². The highest BCUT2D eigenvalue weighted by atomic mass is 79.9. The van der Waals surface area contributed by atoms with Gasteiger partial charge in [0.05, 0.1) is 6.21 Å². The van der Waals surface area contributed by atoms with Crippen molar-refractivity contribution in [1.29, 1.82) is 0 Å². The summed E-state index contributed by atoms with van der Waals surface area (Å²) in [4.78, 5) is 24.7. The van der Waals surface area contributed by atoms with Gasteiger partial charge in [-0.15, -0.1) is 0 Å². The monoisotopic (exact) mass is 429 g/mol. The Kier molecular flexibility index (Phi) is 4.81. The summed E-state index contributed by atoms with van der Waals surface area (Å²) >= 11 is 3.43. The number of benzene rings is 2. The number of hydrazone groups is 1. The van der Waals surface area contributed by atoms with Crippen LogP contribution in [0.5, 0.6) is 11.5 Å². The highest BCUT2D eigenvalue weighted by Gasteiger charge is 2.40. The number of fused-ring (bicyclic) bond motifs is 1. The number of carbonyl (C=O) groups excluding carboxylic acids is 2. The molecule has 2 aromatic carbocycles. The van der Waals surface area contributed by atoms with Gasteiger partial charge in [0.2, 0.25) is 12.7 Å². The largest absolute Gasteiger partial charge is 0.454 e. The van der Waals surface area contributed by atoms with Crippen LogP contribution in [0.3, 0.4) is 0 Å². The van der Waals surface area contributed by atoms with Gasteiger partial charge in [0.15, 0.2) is 11.5 Å². The van der Waals surface area contributed by atoms with Gasteiger partial charge in [-0.3, -0.25) is 9.59 Å². The number of halogens is 1. The molecule has 2 aliphatic heterocycles. The molecule has 2 amide bonds. The zero-order valence-electron chi connectivity index (χ0n) is 14.1. The van der Waals surface area contributed by atoms with Crippen LogP contribution in [0.4, 0.5) is 0 Å². The second-order valence-electron chi connectivity index (χ2n) is 6.20. The van der Waals surface area contributed by atoms with E-state index in [0.717, 1.165) is 15.6 Å². The van der Waals surface area contributed by atoms with Gasteiger partial charge in [0.1, 0.15) is 5.92 Å². The van der Waals surface area contributed by atoms with E-state index >= 15 is 0 Å². The Hall–Kier alpha value is -2.87. The van der Waals surface area contributed by atoms with Crippen LogP contribution in [0.2, 0.25) is 0 Å². The van der Waals surface area contributed by atoms with Crippen molar-refractivity contribution in [3.05, 3.63) is 58.1 Å². The molecule has 2 heterocycles. The van der Waals surface area contributed by atoms with E-state index in [-0.39, 0.29) is 18.6 Å². The van der Waals surface area contributed by atoms with Gasteiger partial charge in [-0.1, -0.05) is 30.3 Å². The Balaban J connectivity index is 1.47. The number of nitrogens with zero attached hydrogens (tertiary/aromatic N) is 1. The van der Waals surface area contributed by atoms with Gasteiger partial charge in [-0.2, -0.15) is 5.10 Å². The molecule has 4 rings (SSSR count). The number of carbonyl (C=O) groups is 2. The third-order valence-corrected chi connectivity index (χ3v) is 5.25. The molecule has 27 heavy (non-hydrogen) atoms. The van der Waals surface area contributed by atoms with Crippen molar-refractivity contribution < 1.29 is 19.1 Å². The minimum absolute atomic E-state index is 0.177. The molecule has 8 heteroatoms. The number of hydrogen-bond acceptors (Lipinski definition) is 5. The average molecular weight is 430 g/mol. The average Bonchev–Trinajstić information content (AvgIpc) is 3.28. The van der Waals surface area contributed by atoms with Crippen molar-refractivity contribution >= 4 is 34.0 Å². The molecule has 0 bridgehead atoms. The third-order valence-electron chi connectivity index (χ3n) is 4.56. The summed E-state index contributed by atoms with van der Waals surface area (Å²) < 4.78 is 11.4. The Morgan fingerprint density at radius 2 is 1.96 bits per heavy atom. The second-order valence-corrected chi connectivity index (χ2v) is 7.06. The molecule has 0 radical (unpaired) electrons. The Morgan fingerprint density at radius 1 is 1.22 bits per heavy atom. The van der Waals surface area contributed by atoms with Crippen LogP contribution in [0.1, 0.15) is 17.0 Å². The molecular formula is C19H16BrN3O4. The minimum atomic E-state index is -0.815. The second kappa shape index (κ2) is 7.40. The normalized spacial score (nSPS) is 20.7. The summed E-state index contributed by atoms with van der Waals surface area (Å²) in [5, 5.41) is 6.76. The fraction of sp³-hybridized carbons (Fsp3) is 0.211. The predicted molar refractivity (Wildman–Crippen MR) is 102 cm³/mol. The maximum atomic E-state index is 12.6. The zero-order chi connectivity index (χ0) is 18.8. The van der Waals surface area contributed by atoms with Gasteiger partial charge >= 0.3 is 0 Å². The Bertz CT molecular complexity index is 917. The molecule has 1 fully saturated rings. The molecule has 2 unspecified atom stereocenters. The van der Waals surface area contributed by atoms with E-state index in [1.165, 1.54) is 6.21 Å². The number of amides is 2. The molecule has 0 spiro atoms. The van der Waals surface area contributed by atoms with Gasteiger partial charge in [0, 0.05) is 22.5 Å². The van der Waals surface area contributed by atoms with Crippen molar-refractivity contribution in [1.82, 2.24) is 10.7 Å². The molecule has 2 aliphatic rings. The van der Waals surface area contributed by atoms with Crippen LogP contribution >= 0.6 is 15.9 Å². The van der Waals surface area contributed by atoms with Gasteiger partial charge in [-0.05, 0) is 33.6 Å². The summed E-state index contributed by atoms with van der Waals surface area (Å²) in [7, 11) is 0. The number of nitrogens with one attached hydrogen (secondary N) is 2. The molecule has 2 atom stereocenters. The molecular weight excluding hydrogens is 414 g/mol. The van der Waals surface area contributed by atoms with E-state index in [4.69, 9.17) is 9.47 Å². The van der Waals surface area contributed by atoms with Crippen LogP contribution in [0.15, 0.2) is 52.0 Å². The van der Waals surface area contributed by atoms with Crippen LogP contribution < -0.4 is 20.2 Å². The molecule has 2 N–H and O–H groups in total. The number of ether oxygens (including phenoxy) is 2. The lowest BCUT2D eigenvalue weighted by Gasteiger charge is -2.15. The maximum Gasteiger partial charge on any atom is 0.253 e. The van der Waals surface area contributed by atoms with E-state index in [2.05, 4.69) is 31.8 Å². The topological polar surface area (TPSA) is 89.0 Å². The van der Waals surface area contributed by atoms with Gasteiger partial charge in [0.25, 0.3) is 5.91 Å². The fourth-order valence-corrected chi connectivity index (χ4v) is 3.62. The Labute approximate surface area is 163 Å².